The molecule has 0 saturated heterocycles. The number of anilines is 1. The molecule has 0 bridgehead atoms. The van der Waals surface area contributed by atoms with Crippen LogP contribution < -0.4 is 14.8 Å². The van der Waals surface area contributed by atoms with Crippen molar-refractivity contribution in [1.82, 2.24) is 5.16 Å². The minimum atomic E-state index is -0.257. The summed E-state index contributed by atoms with van der Waals surface area (Å²) in [4.78, 5) is 12.2. The van der Waals surface area contributed by atoms with Crippen molar-refractivity contribution in [3.05, 3.63) is 75.6 Å². The Hall–Kier alpha value is -3.25. The monoisotopic (exact) mass is 426 g/mol. The van der Waals surface area contributed by atoms with Gasteiger partial charge in [-0.25, -0.2) is 0 Å². The van der Waals surface area contributed by atoms with Crippen molar-refractivity contribution in [2.24, 2.45) is 0 Å². The highest BCUT2D eigenvalue weighted by Gasteiger charge is 2.12. The zero-order chi connectivity index (χ0) is 21.7. The quantitative estimate of drug-likeness (QED) is 0.505. The van der Waals surface area contributed by atoms with Crippen molar-refractivity contribution in [3.8, 4) is 11.5 Å². The molecule has 1 heterocycles. The molecular weight excluding hydrogens is 404 g/mol. The first-order valence-corrected chi connectivity index (χ1v) is 9.73. The summed E-state index contributed by atoms with van der Waals surface area (Å²) >= 11 is 6.09. The van der Waals surface area contributed by atoms with Gasteiger partial charge in [0.15, 0.2) is 11.5 Å². The molecular formula is C23H23ClN2O4. The van der Waals surface area contributed by atoms with Gasteiger partial charge < -0.3 is 19.3 Å². The molecule has 0 aliphatic rings. The predicted molar refractivity (Wildman–Crippen MR) is 117 cm³/mol. The fourth-order valence-electron chi connectivity index (χ4n) is 2.79. The Morgan fingerprint density at radius 2 is 1.97 bits per heavy atom. The molecule has 1 amide bonds. The average Bonchev–Trinajstić information content (AvgIpc) is 3.05. The number of nitrogens with one attached hydrogen (secondary N) is 1. The summed E-state index contributed by atoms with van der Waals surface area (Å²) in [6.07, 6.45) is 3.15. The third-order valence-corrected chi connectivity index (χ3v) is 5.01. The highest BCUT2D eigenvalue weighted by molar-refractivity contribution is 6.31. The van der Waals surface area contributed by atoms with Crippen LogP contribution in [0.15, 0.2) is 47.0 Å². The first-order valence-electron chi connectivity index (χ1n) is 9.35. The number of ether oxygens (including phenoxy) is 2. The van der Waals surface area contributed by atoms with Crippen molar-refractivity contribution < 1.29 is 18.8 Å². The molecule has 6 nitrogen and oxygen atoms in total. The first-order chi connectivity index (χ1) is 14.4. The number of carbonyl (C=O) groups is 1. The number of benzene rings is 2. The van der Waals surface area contributed by atoms with E-state index >= 15 is 0 Å². The highest BCUT2D eigenvalue weighted by Crippen LogP contribution is 2.30. The second-order valence-corrected chi connectivity index (χ2v) is 7.20. The number of hydrogen-bond acceptors (Lipinski definition) is 5. The van der Waals surface area contributed by atoms with Crippen LogP contribution in [0.1, 0.15) is 28.1 Å². The van der Waals surface area contributed by atoms with Gasteiger partial charge in [0.2, 0.25) is 5.91 Å². The lowest BCUT2D eigenvalue weighted by Crippen LogP contribution is -2.07. The molecule has 0 spiro atoms. The Kier molecular flexibility index (Phi) is 6.79. The molecule has 7 heteroatoms. The smallest absolute Gasteiger partial charge is 0.248 e. The molecule has 0 unspecified atom stereocenters. The molecule has 30 heavy (non-hydrogen) atoms. The van der Waals surface area contributed by atoms with E-state index < -0.39 is 0 Å². The fourth-order valence-corrected chi connectivity index (χ4v) is 2.97. The largest absolute Gasteiger partial charge is 0.493 e. The van der Waals surface area contributed by atoms with Gasteiger partial charge in [0, 0.05) is 16.8 Å². The number of rotatable bonds is 7. The van der Waals surface area contributed by atoms with Gasteiger partial charge in [-0.15, -0.1) is 0 Å². The molecule has 0 atom stereocenters. The summed E-state index contributed by atoms with van der Waals surface area (Å²) in [6.45, 7) is 5.95. The number of aryl methyl sites for hydroxylation is 3. The van der Waals surface area contributed by atoms with Gasteiger partial charge in [0.1, 0.15) is 12.4 Å². The normalized spacial score (nSPS) is 11.0. The number of hydrogen-bond donors (Lipinski definition) is 1. The van der Waals surface area contributed by atoms with E-state index in [9.17, 15) is 4.79 Å². The molecule has 0 radical (unpaired) electrons. The van der Waals surface area contributed by atoms with Gasteiger partial charge in [-0.2, -0.15) is 0 Å². The van der Waals surface area contributed by atoms with E-state index in [0.717, 1.165) is 28.1 Å². The van der Waals surface area contributed by atoms with E-state index in [0.29, 0.717) is 28.8 Å². The van der Waals surface area contributed by atoms with Crippen LogP contribution in [0.25, 0.3) is 6.08 Å². The molecule has 3 rings (SSSR count). The minimum absolute atomic E-state index is 0.257. The van der Waals surface area contributed by atoms with E-state index in [1.807, 2.05) is 32.9 Å². The maximum absolute atomic E-state index is 12.2. The van der Waals surface area contributed by atoms with E-state index in [2.05, 4.69) is 10.5 Å². The van der Waals surface area contributed by atoms with Crippen LogP contribution in [0.2, 0.25) is 5.02 Å². The Balaban J connectivity index is 1.66. The number of amides is 1. The second-order valence-electron chi connectivity index (χ2n) is 6.79. The predicted octanol–water partition coefficient (Wildman–Crippen LogP) is 5.49. The van der Waals surface area contributed by atoms with E-state index in [-0.39, 0.29) is 5.91 Å². The standard InChI is InChI=1S/C23H23ClN2O4/c1-14-5-8-18(12-20(14)24)25-23(27)10-7-17-6-9-21(22(11-17)28-4)29-13-19-15(2)26-30-16(19)3/h5-12H,13H2,1-4H3,(H,25,27)/b10-7+. The summed E-state index contributed by atoms with van der Waals surface area (Å²) in [6, 6.07) is 10.8. The summed E-state index contributed by atoms with van der Waals surface area (Å²) < 4.78 is 16.5. The van der Waals surface area contributed by atoms with Gasteiger partial charge >= 0.3 is 0 Å². The molecule has 2 aromatic carbocycles. The van der Waals surface area contributed by atoms with Gasteiger partial charge in [-0.1, -0.05) is 28.9 Å². The summed E-state index contributed by atoms with van der Waals surface area (Å²) in [5.74, 6) is 1.63. The van der Waals surface area contributed by atoms with Crippen LogP contribution in [0, 0.1) is 20.8 Å². The Morgan fingerprint density at radius 3 is 2.63 bits per heavy atom. The molecule has 3 aromatic rings. The van der Waals surface area contributed by atoms with E-state index in [1.54, 1.807) is 37.5 Å². The van der Waals surface area contributed by atoms with Crippen LogP contribution in [0.5, 0.6) is 11.5 Å². The van der Waals surface area contributed by atoms with Crippen molar-refractivity contribution in [1.29, 1.82) is 0 Å². The number of methoxy groups -OCH3 is 1. The summed E-state index contributed by atoms with van der Waals surface area (Å²) in [5.41, 5.74) is 4.10. The number of aromatic nitrogens is 1. The van der Waals surface area contributed by atoms with Gasteiger partial charge in [-0.3, -0.25) is 4.79 Å². The Morgan fingerprint density at radius 1 is 1.17 bits per heavy atom. The number of halogens is 1. The maximum Gasteiger partial charge on any atom is 0.248 e. The van der Waals surface area contributed by atoms with Crippen LogP contribution in [0.4, 0.5) is 5.69 Å². The Bertz CT molecular complexity index is 1070. The lowest BCUT2D eigenvalue weighted by atomic mass is 10.1. The number of carbonyl (C=O) groups excluding carboxylic acids is 1. The first kappa shape index (κ1) is 21.5. The molecule has 1 N–H and O–H groups in total. The maximum atomic E-state index is 12.2. The van der Waals surface area contributed by atoms with Gasteiger partial charge in [0.25, 0.3) is 0 Å². The highest BCUT2D eigenvalue weighted by atomic mass is 35.5. The van der Waals surface area contributed by atoms with Crippen LogP contribution in [0.3, 0.4) is 0 Å². The second kappa shape index (κ2) is 9.50. The zero-order valence-electron chi connectivity index (χ0n) is 17.3. The third-order valence-electron chi connectivity index (χ3n) is 4.61. The van der Waals surface area contributed by atoms with Crippen molar-refractivity contribution in [3.63, 3.8) is 0 Å². The van der Waals surface area contributed by atoms with Crippen LogP contribution >= 0.6 is 11.6 Å². The van der Waals surface area contributed by atoms with Crippen molar-refractivity contribution in [2.45, 2.75) is 27.4 Å². The molecule has 0 aliphatic heterocycles. The summed E-state index contributed by atoms with van der Waals surface area (Å²) in [7, 11) is 1.57. The van der Waals surface area contributed by atoms with Crippen LogP contribution in [-0.2, 0) is 11.4 Å². The third kappa shape index (κ3) is 5.21. The molecule has 0 aliphatic carbocycles. The van der Waals surface area contributed by atoms with Gasteiger partial charge in [0.05, 0.1) is 18.4 Å². The fraction of sp³-hybridized carbons (Fsp3) is 0.217. The zero-order valence-corrected chi connectivity index (χ0v) is 18.0. The van der Waals surface area contributed by atoms with Crippen molar-refractivity contribution >= 4 is 29.3 Å². The lowest BCUT2D eigenvalue weighted by Gasteiger charge is -2.11. The van der Waals surface area contributed by atoms with E-state index in [4.69, 9.17) is 25.6 Å². The lowest BCUT2D eigenvalue weighted by molar-refractivity contribution is -0.111. The molecule has 156 valence electrons. The SMILES string of the molecule is COc1cc(/C=C/C(=O)Nc2ccc(C)c(Cl)c2)ccc1OCc1c(C)noc1C. The van der Waals surface area contributed by atoms with Crippen LogP contribution in [-0.4, -0.2) is 18.2 Å². The topological polar surface area (TPSA) is 73.6 Å². The van der Waals surface area contributed by atoms with E-state index in [1.165, 1.54) is 6.08 Å². The summed E-state index contributed by atoms with van der Waals surface area (Å²) in [5, 5.41) is 7.32. The Labute approximate surface area is 180 Å². The number of nitrogens with zero attached hydrogens (tertiary/aromatic N) is 1. The van der Waals surface area contributed by atoms with Gasteiger partial charge in [-0.05, 0) is 62.2 Å². The minimum Gasteiger partial charge on any atom is -0.493 e. The van der Waals surface area contributed by atoms with Crippen molar-refractivity contribution in [2.75, 3.05) is 12.4 Å². The molecule has 1 aromatic heterocycles. The molecule has 0 saturated carbocycles. The molecule has 0 fully saturated rings. The average molecular weight is 427 g/mol.